The zero-order valence-corrected chi connectivity index (χ0v) is 17.8. The van der Waals surface area contributed by atoms with Gasteiger partial charge in [-0.25, -0.2) is 14.4 Å². The molecule has 0 atom stereocenters. The van der Waals surface area contributed by atoms with Crippen LogP contribution in [-0.4, -0.2) is 52.9 Å². The second-order valence-corrected chi connectivity index (χ2v) is 8.91. The van der Waals surface area contributed by atoms with Gasteiger partial charge in [0.2, 0.25) is 5.91 Å². The number of hydrazine groups is 1. The van der Waals surface area contributed by atoms with Gasteiger partial charge in [-0.2, -0.15) is 0 Å². The summed E-state index contributed by atoms with van der Waals surface area (Å²) in [5, 5.41) is 4.79. The molecule has 2 saturated heterocycles. The van der Waals surface area contributed by atoms with E-state index in [1.54, 1.807) is 12.1 Å². The molecule has 2 fully saturated rings. The number of carbonyl (C=O) groups is 2. The van der Waals surface area contributed by atoms with Crippen molar-refractivity contribution in [2.24, 2.45) is 0 Å². The van der Waals surface area contributed by atoms with Crippen LogP contribution in [0, 0.1) is 5.82 Å². The van der Waals surface area contributed by atoms with Crippen molar-refractivity contribution in [2.75, 3.05) is 26.2 Å². The summed E-state index contributed by atoms with van der Waals surface area (Å²) in [6.45, 7) is 3.15. The summed E-state index contributed by atoms with van der Waals surface area (Å²) in [5.41, 5.74) is 4.27. The maximum Gasteiger partial charge on any atom is 0.285 e. The molecule has 0 bridgehead atoms. The van der Waals surface area contributed by atoms with E-state index in [4.69, 9.17) is 0 Å². The Morgan fingerprint density at radius 2 is 1.77 bits per heavy atom. The van der Waals surface area contributed by atoms with Gasteiger partial charge in [0.1, 0.15) is 11.5 Å². The van der Waals surface area contributed by atoms with Gasteiger partial charge in [0.05, 0.1) is 11.4 Å². The molecule has 30 heavy (non-hydrogen) atoms. The quantitative estimate of drug-likeness (QED) is 0.790. The summed E-state index contributed by atoms with van der Waals surface area (Å²) in [5.74, 6) is -0.0760. The van der Waals surface area contributed by atoms with Crippen LogP contribution in [0.1, 0.15) is 59.1 Å². The number of halogens is 1. The number of hydrogen-bond donors (Lipinski definition) is 1. The van der Waals surface area contributed by atoms with E-state index < -0.39 is 0 Å². The SMILES string of the molecule is O=C(NN1CCCCC1)c1csc(C2CCN(C(=O)Cc3ccc(F)cc3)CC2)n1. The molecule has 6 nitrogen and oxygen atoms in total. The Morgan fingerprint density at radius 1 is 1.07 bits per heavy atom. The third-order valence-electron chi connectivity index (χ3n) is 5.84. The lowest BCUT2D eigenvalue weighted by atomic mass is 9.97. The van der Waals surface area contributed by atoms with E-state index in [-0.39, 0.29) is 23.5 Å². The lowest BCUT2D eigenvalue weighted by Gasteiger charge is -2.31. The lowest BCUT2D eigenvalue weighted by molar-refractivity contribution is -0.131. The minimum atomic E-state index is -0.292. The molecule has 0 spiro atoms. The molecule has 160 valence electrons. The molecule has 0 unspecified atom stereocenters. The number of hydrogen-bond acceptors (Lipinski definition) is 5. The van der Waals surface area contributed by atoms with E-state index in [2.05, 4.69) is 10.4 Å². The van der Waals surface area contributed by atoms with Crippen molar-refractivity contribution in [2.45, 2.75) is 44.4 Å². The molecule has 1 N–H and O–H groups in total. The third kappa shape index (κ3) is 5.23. The Hall–Kier alpha value is -2.32. The number of rotatable bonds is 5. The number of benzene rings is 1. The largest absolute Gasteiger partial charge is 0.342 e. The zero-order chi connectivity index (χ0) is 20.9. The van der Waals surface area contributed by atoms with Crippen molar-refractivity contribution in [3.05, 3.63) is 51.7 Å². The Morgan fingerprint density at radius 3 is 2.47 bits per heavy atom. The summed E-state index contributed by atoms with van der Waals surface area (Å²) in [7, 11) is 0. The fraction of sp³-hybridized carbons (Fsp3) is 0.500. The Labute approximate surface area is 180 Å². The molecule has 2 aliphatic heterocycles. The topological polar surface area (TPSA) is 65.5 Å². The first-order valence-corrected chi connectivity index (χ1v) is 11.5. The summed E-state index contributed by atoms with van der Waals surface area (Å²) in [6.07, 6.45) is 5.43. The lowest BCUT2D eigenvalue weighted by Crippen LogP contribution is -2.45. The highest BCUT2D eigenvalue weighted by molar-refractivity contribution is 7.09. The number of nitrogens with zero attached hydrogens (tertiary/aromatic N) is 3. The van der Waals surface area contributed by atoms with Gasteiger partial charge in [0.15, 0.2) is 0 Å². The van der Waals surface area contributed by atoms with Crippen molar-refractivity contribution >= 4 is 23.2 Å². The smallest absolute Gasteiger partial charge is 0.285 e. The van der Waals surface area contributed by atoms with E-state index in [9.17, 15) is 14.0 Å². The molecule has 2 amide bonds. The van der Waals surface area contributed by atoms with Gasteiger partial charge in [-0.3, -0.25) is 15.0 Å². The first-order valence-electron chi connectivity index (χ1n) is 10.6. The van der Waals surface area contributed by atoms with Crippen LogP contribution in [0.3, 0.4) is 0 Å². The molecule has 1 aromatic heterocycles. The third-order valence-corrected chi connectivity index (χ3v) is 6.84. The van der Waals surface area contributed by atoms with E-state index in [0.717, 1.165) is 49.3 Å². The predicted octanol–water partition coefficient (Wildman–Crippen LogP) is 3.36. The molecule has 3 heterocycles. The van der Waals surface area contributed by atoms with Gasteiger partial charge in [-0.15, -0.1) is 11.3 Å². The van der Waals surface area contributed by atoms with Crippen molar-refractivity contribution < 1.29 is 14.0 Å². The number of piperidine rings is 2. The summed E-state index contributed by atoms with van der Waals surface area (Å²) >= 11 is 1.53. The van der Waals surface area contributed by atoms with Crippen molar-refractivity contribution in [3.8, 4) is 0 Å². The molecule has 0 radical (unpaired) electrons. The average Bonchev–Trinajstić information content (AvgIpc) is 3.27. The van der Waals surface area contributed by atoms with Crippen LogP contribution < -0.4 is 5.43 Å². The summed E-state index contributed by atoms with van der Waals surface area (Å²) < 4.78 is 13.0. The van der Waals surface area contributed by atoms with Gasteiger partial charge in [-0.05, 0) is 43.4 Å². The number of amides is 2. The fourth-order valence-electron chi connectivity index (χ4n) is 4.05. The molecule has 0 aliphatic carbocycles. The fourth-order valence-corrected chi connectivity index (χ4v) is 5.02. The predicted molar refractivity (Wildman–Crippen MR) is 114 cm³/mol. The Bertz CT molecular complexity index is 872. The van der Waals surface area contributed by atoms with Gasteiger partial charge in [-0.1, -0.05) is 18.6 Å². The van der Waals surface area contributed by atoms with Crippen molar-refractivity contribution in [1.29, 1.82) is 0 Å². The summed E-state index contributed by atoms with van der Waals surface area (Å²) in [6, 6.07) is 6.09. The first kappa shape index (κ1) is 20.9. The molecule has 2 aliphatic rings. The van der Waals surface area contributed by atoms with E-state index in [1.165, 1.54) is 29.9 Å². The number of carbonyl (C=O) groups excluding carboxylic acids is 2. The molecule has 2 aromatic rings. The van der Waals surface area contributed by atoms with Crippen molar-refractivity contribution in [3.63, 3.8) is 0 Å². The van der Waals surface area contributed by atoms with Gasteiger partial charge < -0.3 is 4.90 Å². The molecular formula is C22H27FN4O2S. The van der Waals surface area contributed by atoms with E-state index in [1.807, 2.05) is 15.3 Å². The minimum absolute atomic E-state index is 0.0702. The van der Waals surface area contributed by atoms with Crippen molar-refractivity contribution in [1.82, 2.24) is 20.3 Å². The molecule has 0 saturated carbocycles. The number of aromatic nitrogens is 1. The van der Waals surface area contributed by atoms with Crippen LogP contribution in [0.15, 0.2) is 29.6 Å². The highest BCUT2D eigenvalue weighted by Gasteiger charge is 2.26. The first-order chi connectivity index (χ1) is 14.6. The van der Waals surface area contributed by atoms with Gasteiger partial charge in [0.25, 0.3) is 5.91 Å². The highest BCUT2D eigenvalue weighted by atomic mass is 32.1. The number of nitrogens with one attached hydrogen (secondary N) is 1. The standard InChI is InChI=1S/C22H27FN4O2S/c23-18-6-4-16(5-7-18)14-20(28)26-12-8-17(9-13-26)22-24-19(15-30-22)21(29)25-27-10-2-1-3-11-27/h4-7,15,17H,1-3,8-14H2,(H,25,29). The highest BCUT2D eigenvalue weighted by Crippen LogP contribution is 2.30. The monoisotopic (exact) mass is 430 g/mol. The van der Waals surface area contributed by atoms with Crippen LogP contribution >= 0.6 is 11.3 Å². The number of thiazole rings is 1. The second kappa shape index (κ2) is 9.66. The average molecular weight is 431 g/mol. The van der Waals surface area contributed by atoms with Crippen LogP contribution in [0.4, 0.5) is 4.39 Å². The maximum absolute atomic E-state index is 13.0. The van der Waals surface area contributed by atoms with Crippen LogP contribution in [0.2, 0.25) is 0 Å². The normalized spacial score (nSPS) is 18.4. The van der Waals surface area contributed by atoms with Crippen LogP contribution in [0.5, 0.6) is 0 Å². The molecule has 8 heteroatoms. The van der Waals surface area contributed by atoms with E-state index >= 15 is 0 Å². The van der Waals surface area contributed by atoms with Crippen LogP contribution in [0.25, 0.3) is 0 Å². The summed E-state index contributed by atoms with van der Waals surface area (Å²) in [4.78, 5) is 31.5. The minimum Gasteiger partial charge on any atom is -0.342 e. The van der Waals surface area contributed by atoms with Gasteiger partial charge >= 0.3 is 0 Å². The second-order valence-electron chi connectivity index (χ2n) is 8.02. The number of likely N-dealkylation sites (tertiary alicyclic amines) is 1. The molecule has 1 aromatic carbocycles. The molecule has 4 rings (SSSR count). The van der Waals surface area contributed by atoms with E-state index in [0.29, 0.717) is 25.2 Å². The zero-order valence-electron chi connectivity index (χ0n) is 17.0. The molecular weight excluding hydrogens is 403 g/mol. The Kier molecular flexibility index (Phi) is 6.74. The van der Waals surface area contributed by atoms with Gasteiger partial charge in [0, 0.05) is 37.5 Å². The van der Waals surface area contributed by atoms with Crippen LogP contribution in [-0.2, 0) is 11.2 Å². The Balaban J connectivity index is 1.27. The maximum atomic E-state index is 13.0.